The smallest absolute Gasteiger partial charge is 0.329 e. The number of nitro groups is 1. The molecule has 0 saturated carbocycles. The fraction of sp³-hybridized carbons (Fsp3) is 0.600. The topological polar surface area (TPSA) is 117 Å². The van der Waals surface area contributed by atoms with Gasteiger partial charge in [0.25, 0.3) is 0 Å². The maximum Gasteiger partial charge on any atom is 0.329 e. The summed E-state index contributed by atoms with van der Waals surface area (Å²) in [6, 6.07) is 0. The van der Waals surface area contributed by atoms with Crippen molar-refractivity contribution < 1.29 is 14.4 Å². The second kappa shape index (κ2) is 5.33. The number of rotatable bonds is 4. The number of aromatic nitrogens is 2. The summed E-state index contributed by atoms with van der Waals surface area (Å²) in [6.45, 7) is 0.901. The molecule has 0 bridgehead atoms. The van der Waals surface area contributed by atoms with E-state index in [0.717, 1.165) is 6.20 Å². The largest absolute Gasteiger partial charge is 0.377 e. The zero-order valence-corrected chi connectivity index (χ0v) is 10.6. The van der Waals surface area contributed by atoms with Crippen molar-refractivity contribution in [2.45, 2.75) is 12.2 Å². The van der Waals surface area contributed by atoms with Crippen molar-refractivity contribution in [1.82, 2.24) is 9.97 Å². The van der Waals surface area contributed by atoms with Crippen molar-refractivity contribution in [3.63, 3.8) is 0 Å². The van der Waals surface area contributed by atoms with Crippen LogP contribution in [0.1, 0.15) is 0 Å². The number of hydrogen-bond donors (Lipinski definition) is 1. The van der Waals surface area contributed by atoms with Crippen molar-refractivity contribution in [1.29, 1.82) is 0 Å². The Labute approximate surface area is 109 Å². The summed E-state index contributed by atoms with van der Waals surface area (Å²) in [7, 11) is 3.14. The number of methoxy groups -OCH3 is 2. The van der Waals surface area contributed by atoms with Gasteiger partial charge in [-0.1, -0.05) is 0 Å². The Morgan fingerprint density at radius 2 is 2.00 bits per heavy atom. The van der Waals surface area contributed by atoms with Gasteiger partial charge in [-0.15, -0.1) is 0 Å². The highest BCUT2D eigenvalue weighted by Crippen LogP contribution is 2.29. The third-order valence-electron chi connectivity index (χ3n) is 3.09. The van der Waals surface area contributed by atoms with Crippen LogP contribution in [0.5, 0.6) is 0 Å². The lowest BCUT2D eigenvalue weighted by Crippen LogP contribution is -2.27. The molecule has 9 nitrogen and oxygen atoms in total. The van der Waals surface area contributed by atoms with E-state index < -0.39 is 4.92 Å². The van der Waals surface area contributed by atoms with Crippen molar-refractivity contribution in [2.24, 2.45) is 0 Å². The van der Waals surface area contributed by atoms with Gasteiger partial charge in [-0.2, -0.15) is 4.98 Å². The Kier molecular flexibility index (Phi) is 3.76. The van der Waals surface area contributed by atoms with Crippen molar-refractivity contribution >= 4 is 17.5 Å². The van der Waals surface area contributed by atoms with Crippen LogP contribution in [-0.2, 0) is 9.47 Å². The first-order chi connectivity index (χ1) is 9.06. The molecule has 1 aromatic heterocycles. The summed E-state index contributed by atoms with van der Waals surface area (Å²) < 4.78 is 10.6. The molecule has 1 aromatic rings. The second-order valence-corrected chi connectivity index (χ2v) is 4.15. The lowest BCUT2D eigenvalue weighted by atomic mass is 10.3. The van der Waals surface area contributed by atoms with Crippen LogP contribution in [0.15, 0.2) is 6.20 Å². The van der Waals surface area contributed by atoms with Crippen LogP contribution in [0.2, 0.25) is 0 Å². The van der Waals surface area contributed by atoms with E-state index in [4.69, 9.17) is 15.2 Å². The van der Waals surface area contributed by atoms with E-state index in [1.807, 2.05) is 0 Å². The SMILES string of the molecule is COC1CN(c2nc(N)ncc2[N+](=O)[O-])CC1OC. The summed E-state index contributed by atoms with van der Waals surface area (Å²) in [5.41, 5.74) is 5.32. The normalized spacial score (nSPS) is 22.7. The van der Waals surface area contributed by atoms with Gasteiger partial charge >= 0.3 is 5.69 Å². The number of nitrogens with zero attached hydrogens (tertiary/aromatic N) is 4. The fourth-order valence-corrected chi connectivity index (χ4v) is 2.11. The zero-order valence-electron chi connectivity index (χ0n) is 10.6. The molecule has 19 heavy (non-hydrogen) atoms. The quantitative estimate of drug-likeness (QED) is 0.590. The minimum Gasteiger partial charge on any atom is -0.377 e. The fourth-order valence-electron chi connectivity index (χ4n) is 2.11. The first kappa shape index (κ1) is 13.4. The molecule has 2 atom stereocenters. The molecule has 104 valence electrons. The lowest BCUT2D eigenvalue weighted by Gasteiger charge is -2.16. The first-order valence-electron chi connectivity index (χ1n) is 5.64. The number of nitrogen functional groups attached to an aromatic ring is 1. The Morgan fingerprint density at radius 1 is 1.42 bits per heavy atom. The van der Waals surface area contributed by atoms with E-state index in [-0.39, 0.29) is 29.7 Å². The molecule has 2 heterocycles. The van der Waals surface area contributed by atoms with E-state index in [1.165, 1.54) is 0 Å². The molecule has 1 fully saturated rings. The summed E-state index contributed by atoms with van der Waals surface area (Å²) in [4.78, 5) is 19.8. The van der Waals surface area contributed by atoms with Crippen LogP contribution in [0.3, 0.4) is 0 Å². The highest BCUT2D eigenvalue weighted by molar-refractivity contribution is 5.59. The van der Waals surface area contributed by atoms with Gasteiger partial charge in [0.1, 0.15) is 18.4 Å². The summed E-state index contributed by atoms with van der Waals surface area (Å²) in [5.74, 6) is 0.189. The van der Waals surface area contributed by atoms with Gasteiger partial charge in [0.2, 0.25) is 11.8 Å². The Hall–Kier alpha value is -2.00. The molecule has 2 unspecified atom stereocenters. The molecular formula is C10H15N5O4. The molecule has 1 aliphatic rings. The highest BCUT2D eigenvalue weighted by atomic mass is 16.6. The maximum absolute atomic E-state index is 11.0. The molecule has 0 aromatic carbocycles. The molecule has 9 heteroatoms. The average molecular weight is 269 g/mol. The molecule has 0 spiro atoms. The molecule has 0 amide bonds. The van der Waals surface area contributed by atoms with Gasteiger partial charge in [0.05, 0.1) is 4.92 Å². The van der Waals surface area contributed by atoms with Crippen molar-refractivity contribution in [3.05, 3.63) is 16.3 Å². The molecule has 1 saturated heterocycles. The van der Waals surface area contributed by atoms with Gasteiger partial charge < -0.3 is 20.1 Å². The molecule has 2 N–H and O–H groups in total. The monoisotopic (exact) mass is 269 g/mol. The van der Waals surface area contributed by atoms with Gasteiger partial charge in [0.15, 0.2) is 0 Å². The third-order valence-corrected chi connectivity index (χ3v) is 3.09. The standard InChI is InChI=1S/C10H15N5O4/c1-18-7-4-14(5-8(7)19-2)9-6(15(16)17)3-12-10(11)13-9/h3,7-8H,4-5H2,1-2H3,(H2,11,12,13). The molecule has 1 aliphatic heterocycles. The molecule has 2 rings (SSSR count). The zero-order chi connectivity index (χ0) is 14.0. The Balaban J connectivity index is 2.32. The summed E-state index contributed by atoms with van der Waals surface area (Å²) >= 11 is 0. The van der Waals surface area contributed by atoms with Crippen LogP contribution in [0.25, 0.3) is 0 Å². The number of anilines is 2. The second-order valence-electron chi connectivity index (χ2n) is 4.15. The van der Waals surface area contributed by atoms with Gasteiger partial charge in [-0.3, -0.25) is 10.1 Å². The van der Waals surface area contributed by atoms with Crippen molar-refractivity contribution in [3.8, 4) is 0 Å². The first-order valence-corrected chi connectivity index (χ1v) is 5.64. The molecular weight excluding hydrogens is 254 g/mol. The summed E-state index contributed by atoms with van der Waals surface area (Å²) in [6.07, 6.45) is 0.779. The van der Waals surface area contributed by atoms with Crippen LogP contribution in [-0.4, -0.2) is 54.4 Å². The highest BCUT2D eigenvalue weighted by Gasteiger charge is 2.36. The predicted octanol–water partition coefficient (Wildman–Crippen LogP) is -0.183. The van der Waals surface area contributed by atoms with Gasteiger partial charge in [-0.05, 0) is 0 Å². The molecule has 0 aliphatic carbocycles. The van der Waals surface area contributed by atoms with Gasteiger partial charge in [0, 0.05) is 27.3 Å². The van der Waals surface area contributed by atoms with E-state index in [2.05, 4.69) is 9.97 Å². The molecule has 0 radical (unpaired) electrons. The van der Waals surface area contributed by atoms with Crippen LogP contribution < -0.4 is 10.6 Å². The van der Waals surface area contributed by atoms with E-state index in [1.54, 1.807) is 19.1 Å². The van der Waals surface area contributed by atoms with E-state index >= 15 is 0 Å². The van der Waals surface area contributed by atoms with Crippen LogP contribution >= 0.6 is 0 Å². The Morgan fingerprint density at radius 3 is 2.47 bits per heavy atom. The van der Waals surface area contributed by atoms with Crippen LogP contribution in [0.4, 0.5) is 17.5 Å². The third kappa shape index (κ3) is 2.56. The number of hydrogen-bond acceptors (Lipinski definition) is 8. The van der Waals surface area contributed by atoms with Crippen LogP contribution in [0, 0.1) is 10.1 Å². The van der Waals surface area contributed by atoms with E-state index in [0.29, 0.717) is 13.1 Å². The maximum atomic E-state index is 11.0. The van der Waals surface area contributed by atoms with Crippen molar-refractivity contribution in [2.75, 3.05) is 37.9 Å². The predicted molar refractivity (Wildman–Crippen MR) is 66.9 cm³/mol. The van der Waals surface area contributed by atoms with Gasteiger partial charge in [-0.25, -0.2) is 4.98 Å². The Bertz CT molecular complexity index is 471. The minimum absolute atomic E-state index is 0.00423. The lowest BCUT2D eigenvalue weighted by molar-refractivity contribution is -0.384. The minimum atomic E-state index is -0.531. The summed E-state index contributed by atoms with van der Waals surface area (Å²) in [5, 5.41) is 11.0. The number of nitrogens with two attached hydrogens (primary N) is 1. The average Bonchev–Trinajstić information content (AvgIpc) is 2.81. The van der Waals surface area contributed by atoms with E-state index in [9.17, 15) is 10.1 Å². The number of ether oxygens (including phenoxy) is 2.